The maximum Gasteiger partial charge on any atom is 0.119 e. The fourth-order valence-corrected chi connectivity index (χ4v) is 4.50. The third kappa shape index (κ3) is 5.49. The van der Waals surface area contributed by atoms with Crippen LogP contribution in [0.1, 0.15) is 56.9 Å². The first-order valence-corrected chi connectivity index (χ1v) is 10.2. The standard InChI is InChI=1S/C24H34O/c1-3-4-5-20-8-12-22(13-9-20)23-14-10-21(11-15-23)18-25-24-16-6-19(2)7-17-24/h3,6-8,12,16-17,20-23H,1,4-5,9-11,13-15,18H2,2H3. The zero-order valence-electron chi connectivity index (χ0n) is 15.8. The number of hydrogen-bond acceptors (Lipinski definition) is 1. The molecule has 0 heterocycles. The highest BCUT2D eigenvalue weighted by Gasteiger charge is 2.28. The van der Waals surface area contributed by atoms with Gasteiger partial charge in [0, 0.05) is 0 Å². The van der Waals surface area contributed by atoms with E-state index in [0.717, 1.165) is 42.4 Å². The van der Waals surface area contributed by atoms with Crippen LogP contribution in [-0.2, 0) is 0 Å². The van der Waals surface area contributed by atoms with Crippen LogP contribution in [0.25, 0.3) is 0 Å². The van der Waals surface area contributed by atoms with Crippen molar-refractivity contribution in [3.05, 3.63) is 54.6 Å². The van der Waals surface area contributed by atoms with Crippen molar-refractivity contribution >= 4 is 0 Å². The maximum absolute atomic E-state index is 6.01. The minimum Gasteiger partial charge on any atom is -0.493 e. The van der Waals surface area contributed by atoms with Gasteiger partial charge in [0.05, 0.1) is 6.61 Å². The van der Waals surface area contributed by atoms with E-state index in [1.807, 2.05) is 0 Å². The van der Waals surface area contributed by atoms with E-state index in [0.29, 0.717) is 0 Å². The van der Waals surface area contributed by atoms with Gasteiger partial charge >= 0.3 is 0 Å². The minimum atomic E-state index is 0.741. The highest BCUT2D eigenvalue weighted by Crippen LogP contribution is 2.39. The predicted octanol–water partition coefficient (Wildman–Crippen LogP) is 6.73. The van der Waals surface area contributed by atoms with Gasteiger partial charge in [-0.15, -0.1) is 6.58 Å². The van der Waals surface area contributed by atoms with E-state index in [1.165, 1.54) is 50.5 Å². The molecule has 1 aromatic carbocycles. The molecule has 0 aromatic heterocycles. The molecule has 1 fully saturated rings. The second kappa shape index (κ2) is 9.27. The molecule has 0 amide bonds. The Morgan fingerprint density at radius 2 is 1.76 bits per heavy atom. The van der Waals surface area contributed by atoms with Crippen LogP contribution in [-0.4, -0.2) is 6.61 Å². The van der Waals surface area contributed by atoms with Crippen LogP contribution in [0.4, 0.5) is 0 Å². The van der Waals surface area contributed by atoms with E-state index < -0.39 is 0 Å². The summed E-state index contributed by atoms with van der Waals surface area (Å²) in [6.07, 6.45) is 17.8. The zero-order chi connectivity index (χ0) is 17.5. The van der Waals surface area contributed by atoms with Crippen LogP contribution in [0.2, 0.25) is 0 Å². The van der Waals surface area contributed by atoms with Crippen LogP contribution >= 0.6 is 0 Å². The summed E-state index contributed by atoms with van der Waals surface area (Å²) in [4.78, 5) is 0. The Bertz CT molecular complexity index is 548. The molecule has 3 rings (SSSR count). The normalized spacial score (nSPS) is 29.3. The van der Waals surface area contributed by atoms with Crippen molar-refractivity contribution in [1.82, 2.24) is 0 Å². The molecule has 0 radical (unpaired) electrons. The monoisotopic (exact) mass is 338 g/mol. The van der Waals surface area contributed by atoms with Gasteiger partial charge in [0.2, 0.25) is 0 Å². The summed E-state index contributed by atoms with van der Waals surface area (Å²) in [5.41, 5.74) is 1.29. The summed E-state index contributed by atoms with van der Waals surface area (Å²) in [5, 5.41) is 0. The lowest BCUT2D eigenvalue weighted by atomic mass is 9.72. The molecule has 2 atom stereocenters. The molecule has 136 valence electrons. The lowest BCUT2D eigenvalue weighted by molar-refractivity contribution is 0.159. The van der Waals surface area contributed by atoms with E-state index in [-0.39, 0.29) is 0 Å². The summed E-state index contributed by atoms with van der Waals surface area (Å²) in [6.45, 7) is 6.85. The fraction of sp³-hybridized carbons (Fsp3) is 0.583. The number of ether oxygens (including phenoxy) is 1. The molecule has 1 aromatic rings. The average molecular weight is 339 g/mol. The van der Waals surface area contributed by atoms with E-state index >= 15 is 0 Å². The Morgan fingerprint density at radius 3 is 2.40 bits per heavy atom. The van der Waals surface area contributed by atoms with Crippen molar-refractivity contribution in [3.63, 3.8) is 0 Å². The number of allylic oxidation sites excluding steroid dienone is 3. The molecule has 25 heavy (non-hydrogen) atoms. The van der Waals surface area contributed by atoms with Gasteiger partial charge in [-0.2, -0.15) is 0 Å². The van der Waals surface area contributed by atoms with Gasteiger partial charge in [-0.3, -0.25) is 0 Å². The SMILES string of the molecule is C=CCCC1C=CC(C2CCC(COc3ccc(C)cc3)CC2)CC1. The summed E-state index contributed by atoms with van der Waals surface area (Å²) in [5.74, 6) is 4.30. The Balaban J connectivity index is 1.38. The zero-order valence-corrected chi connectivity index (χ0v) is 15.8. The van der Waals surface area contributed by atoms with Gasteiger partial charge in [-0.05, 0) is 94.1 Å². The Hall–Kier alpha value is -1.50. The molecule has 1 saturated carbocycles. The molecule has 2 aliphatic carbocycles. The van der Waals surface area contributed by atoms with Gasteiger partial charge in [-0.25, -0.2) is 0 Å². The molecular formula is C24H34O. The molecule has 0 bridgehead atoms. The molecule has 1 heteroatoms. The Labute approximate surface area is 154 Å². The Morgan fingerprint density at radius 1 is 1.00 bits per heavy atom. The van der Waals surface area contributed by atoms with Gasteiger partial charge in [-0.1, -0.05) is 35.9 Å². The number of rotatable bonds is 7. The summed E-state index contributed by atoms with van der Waals surface area (Å²) in [7, 11) is 0. The van der Waals surface area contributed by atoms with E-state index in [1.54, 1.807) is 0 Å². The smallest absolute Gasteiger partial charge is 0.119 e. The van der Waals surface area contributed by atoms with Crippen LogP contribution in [0, 0.1) is 30.6 Å². The largest absolute Gasteiger partial charge is 0.493 e. The number of hydrogen-bond donors (Lipinski definition) is 0. The molecule has 0 saturated heterocycles. The summed E-state index contributed by atoms with van der Waals surface area (Å²) in [6, 6.07) is 8.45. The van der Waals surface area contributed by atoms with Crippen LogP contribution in [0.15, 0.2) is 49.1 Å². The summed E-state index contributed by atoms with van der Waals surface area (Å²) >= 11 is 0. The first-order valence-electron chi connectivity index (χ1n) is 10.2. The van der Waals surface area contributed by atoms with E-state index in [9.17, 15) is 0 Å². The quantitative estimate of drug-likeness (QED) is 0.501. The van der Waals surface area contributed by atoms with Crippen LogP contribution in [0.5, 0.6) is 5.75 Å². The fourth-order valence-electron chi connectivity index (χ4n) is 4.50. The molecule has 2 aliphatic rings. The van der Waals surface area contributed by atoms with Gasteiger partial charge < -0.3 is 4.74 Å². The van der Waals surface area contributed by atoms with Crippen molar-refractivity contribution in [2.75, 3.05) is 6.61 Å². The molecule has 0 N–H and O–H groups in total. The minimum absolute atomic E-state index is 0.741. The molecule has 2 unspecified atom stereocenters. The van der Waals surface area contributed by atoms with Gasteiger partial charge in [0.15, 0.2) is 0 Å². The maximum atomic E-state index is 6.01. The van der Waals surface area contributed by atoms with E-state index in [2.05, 4.69) is 56.0 Å². The van der Waals surface area contributed by atoms with Crippen molar-refractivity contribution in [3.8, 4) is 5.75 Å². The Kier molecular flexibility index (Phi) is 6.78. The van der Waals surface area contributed by atoms with Gasteiger partial charge in [0.25, 0.3) is 0 Å². The van der Waals surface area contributed by atoms with Crippen LogP contribution < -0.4 is 4.74 Å². The third-order valence-electron chi connectivity index (χ3n) is 6.25. The lowest BCUT2D eigenvalue weighted by Gasteiger charge is -2.35. The molecule has 0 aliphatic heterocycles. The average Bonchev–Trinajstić information content (AvgIpc) is 2.67. The highest BCUT2D eigenvalue weighted by molar-refractivity contribution is 5.26. The number of aryl methyl sites for hydroxylation is 1. The second-order valence-electron chi connectivity index (χ2n) is 8.16. The van der Waals surface area contributed by atoms with Gasteiger partial charge in [0.1, 0.15) is 5.75 Å². The third-order valence-corrected chi connectivity index (χ3v) is 6.25. The molecular weight excluding hydrogens is 304 g/mol. The van der Waals surface area contributed by atoms with Crippen molar-refractivity contribution < 1.29 is 4.74 Å². The van der Waals surface area contributed by atoms with Crippen molar-refractivity contribution in [1.29, 1.82) is 0 Å². The molecule has 0 spiro atoms. The van der Waals surface area contributed by atoms with Crippen LogP contribution in [0.3, 0.4) is 0 Å². The topological polar surface area (TPSA) is 9.23 Å². The van der Waals surface area contributed by atoms with Crippen molar-refractivity contribution in [2.24, 2.45) is 23.7 Å². The van der Waals surface area contributed by atoms with E-state index in [4.69, 9.17) is 4.74 Å². The number of benzene rings is 1. The second-order valence-corrected chi connectivity index (χ2v) is 8.16. The van der Waals surface area contributed by atoms with Crippen molar-refractivity contribution in [2.45, 2.75) is 58.3 Å². The summed E-state index contributed by atoms with van der Waals surface area (Å²) < 4.78 is 6.01. The first kappa shape index (κ1) is 18.3. The molecule has 1 nitrogen and oxygen atoms in total. The first-order chi connectivity index (χ1) is 12.2. The lowest BCUT2D eigenvalue weighted by Crippen LogP contribution is -2.25. The predicted molar refractivity (Wildman–Crippen MR) is 107 cm³/mol. The highest BCUT2D eigenvalue weighted by atomic mass is 16.5.